The Hall–Kier alpha value is -1.39. The average Bonchev–Trinajstić information content (AvgIpc) is 2.81. The summed E-state index contributed by atoms with van der Waals surface area (Å²) in [5, 5.41) is 8.41. The second kappa shape index (κ2) is 6.68. The van der Waals surface area contributed by atoms with Crippen LogP contribution in [0.5, 0.6) is 0 Å². The third-order valence-corrected chi connectivity index (χ3v) is 3.28. The molecule has 2 aromatic heterocycles. The predicted octanol–water partition coefficient (Wildman–Crippen LogP) is 2.75. The topological polar surface area (TPSA) is 42.7 Å². The SMILES string of the molecule is CCCNC(Cc1cnn(C)c1)c1ncccc1Cl. The van der Waals surface area contributed by atoms with Crippen LogP contribution in [0.4, 0.5) is 0 Å². The van der Waals surface area contributed by atoms with Crippen LogP contribution in [-0.4, -0.2) is 21.3 Å². The van der Waals surface area contributed by atoms with Crippen molar-refractivity contribution in [3.05, 3.63) is 47.0 Å². The number of aryl methyl sites for hydroxylation is 1. The van der Waals surface area contributed by atoms with Crippen LogP contribution in [0.15, 0.2) is 30.7 Å². The monoisotopic (exact) mass is 278 g/mol. The van der Waals surface area contributed by atoms with Crippen LogP contribution < -0.4 is 5.32 Å². The molecular weight excluding hydrogens is 260 g/mol. The van der Waals surface area contributed by atoms with E-state index in [1.165, 1.54) is 5.56 Å². The lowest BCUT2D eigenvalue weighted by Gasteiger charge is -2.18. The molecule has 2 rings (SSSR count). The molecule has 4 nitrogen and oxygen atoms in total. The van der Waals surface area contributed by atoms with Gasteiger partial charge in [0.15, 0.2) is 0 Å². The van der Waals surface area contributed by atoms with Crippen LogP contribution in [0.3, 0.4) is 0 Å². The Morgan fingerprint density at radius 2 is 2.32 bits per heavy atom. The van der Waals surface area contributed by atoms with E-state index in [1.807, 2.05) is 36.3 Å². The van der Waals surface area contributed by atoms with E-state index in [4.69, 9.17) is 11.6 Å². The summed E-state index contributed by atoms with van der Waals surface area (Å²) in [7, 11) is 1.92. The van der Waals surface area contributed by atoms with Gasteiger partial charge in [0, 0.05) is 19.4 Å². The number of nitrogens with one attached hydrogen (secondary N) is 1. The summed E-state index contributed by atoms with van der Waals surface area (Å²) in [6, 6.07) is 3.86. The van der Waals surface area contributed by atoms with Crippen LogP contribution in [-0.2, 0) is 13.5 Å². The van der Waals surface area contributed by atoms with Gasteiger partial charge in [-0.1, -0.05) is 18.5 Å². The zero-order valence-electron chi connectivity index (χ0n) is 11.3. The minimum atomic E-state index is 0.123. The second-order valence-electron chi connectivity index (χ2n) is 4.60. The van der Waals surface area contributed by atoms with Gasteiger partial charge >= 0.3 is 0 Å². The largest absolute Gasteiger partial charge is 0.308 e. The third kappa shape index (κ3) is 3.78. The zero-order chi connectivity index (χ0) is 13.7. The van der Waals surface area contributed by atoms with E-state index >= 15 is 0 Å². The van der Waals surface area contributed by atoms with Gasteiger partial charge in [-0.2, -0.15) is 5.10 Å². The van der Waals surface area contributed by atoms with Crippen molar-refractivity contribution in [2.24, 2.45) is 7.05 Å². The summed E-state index contributed by atoms with van der Waals surface area (Å²) in [6.45, 7) is 3.09. The van der Waals surface area contributed by atoms with Gasteiger partial charge < -0.3 is 5.32 Å². The highest BCUT2D eigenvalue weighted by Gasteiger charge is 2.16. The van der Waals surface area contributed by atoms with Gasteiger partial charge in [-0.3, -0.25) is 9.67 Å². The molecular formula is C14H19ClN4. The number of nitrogens with zero attached hydrogens (tertiary/aromatic N) is 3. The number of aromatic nitrogens is 3. The Bertz CT molecular complexity index is 524. The van der Waals surface area contributed by atoms with Crippen molar-refractivity contribution in [3.8, 4) is 0 Å². The van der Waals surface area contributed by atoms with Crippen molar-refractivity contribution < 1.29 is 0 Å². The first-order valence-corrected chi connectivity index (χ1v) is 6.89. The maximum atomic E-state index is 6.25. The van der Waals surface area contributed by atoms with Crippen LogP contribution in [0.2, 0.25) is 5.02 Å². The molecule has 102 valence electrons. The summed E-state index contributed by atoms with van der Waals surface area (Å²) < 4.78 is 1.81. The first kappa shape index (κ1) is 14.0. The Balaban J connectivity index is 2.18. The van der Waals surface area contributed by atoms with E-state index in [0.717, 1.165) is 25.1 Å². The summed E-state index contributed by atoms with van der Waals surface area (Å²) in [5.74, 6) is 0. The molecule has 0 radical (unpaired) electrons. The molecule has 0 spiro atoms. The molecule has 0 aliphatic heterocycles. The van der Waals surface area contributed by atoms with Crippen LogP contribution in [0.1, 0.15) is 30.6 Å². The van der Waals surface area contributed by atoms with Crippen LogP contribution in [0.25, 0.3) is 0 Å². The number of halogens is 1. The first-order chi connectivity index (χ1) is 9.20. The van der Waals surface area contributed by atoms with Gasteiger partial charge in [0.2, 0.25) is 0 Å². The third-order valence-electron chi connectivity index (χ3n) is 2.96. The molecule has 2 heterocycles. The Morgan fingerprint density at radius 1 is 1.47 bits per heavy atom. The summed E-state index contributed by atoms with van der Waals surface area (Å²) in [6.07, 6.45) is 7.61. The fourth-order valence-electron chi connectivity index (χ4n) is 2.05. The molecule has 2 aromatic rings. The van der Waals surface area contributed by atoms with E-state index in [1.54, 1.807) is 6.20 Å². The number of rotatable bonds is 6. The fraction of sp³-hybridized carbons (Fsp3) is 0.429. The van der Waals surface area contributed by atoms with Gasteiger partial charge in [0.05, 0.1) is 23.0 Å². The second-order valence-corrected chi connectivity index (χ2v) is 5.01. The molecule has 5 heteroatoms. The van der Waals surface area contributed by atoms with Gasteiger partial charge in [-0.05, 0) is 37.1 Å². The Labute approximate surface area is 118 Å². The van der Waals surface area contributed by atoms with Gasteiger partial charge in [0.25, 0.3) is 0 Å². The summed E-state index contributed by atoms with van der Waals surface area (Å²) in [4.78, 5) is 4.41. The minimum absolute atomic E-state index is 0.123. The normalized spacial score (nSPS) is 12.6. The van der Waals surface area contributed by atoms with E-state index in [2.05, 4.69) is 22.3 Å². The smallest absolute Gasteiger partial charge is 0.0762 e. The molecule has 0 amide bonds. The average molecular weight is 279 g/mol. The van der Waals surface area contributed by atoms with Crippen molar-refractivity contribution >= 4 is 11.6 Å². The maximum absolute atomic E-state index is 6.25. The highest BCUT2D eigenvalue weighted by Crippen LogP contribution is 2.23. The lowest BCUT2D eigenvalue weighted by molar-refractivity contribution is 0.518. The molecule has 1 N–H and O–H groups in total. The number of pyridine rings is 1. The predicted molar refractivity (Wildman–Crippen MR) is 77.2 cm³/mol. The lowest BCUT2D eigenvalue weighted by atomic mass is 10.1. The zero-order valence-corrected chi connectivity index (χ0v) is 12.1. The van der Waals surface area contributed by atoms with Crippen molar-refractivity contribution in [2.45, 2.75) is 25.8 Å². The van der Waals surface area contributed by atoms with Crippen LogP contribution in [0, 0.1) is 0 Å². The Kier molecular flexibility index (Phi) is 4.93. The minimum Gasteiger partial charge on any atom is -0.308 e. The molecule has 1 unspecified atom stereocenters. The molecule has 0 aliphatic rings. The van der Waals surface area contributed by atoms with E-state index in [0.29, 0.717) is 5.02 Å². The number of hydrogen-bond donors (Lipinski definition) is 1. The van der Waals surface area contributed by atoms with E-state index in [-0.39, 0.29) is 6.04 Å². The molecule has 0 saturated heterocycles. The Morgan fingerprint density at radius 3 is 2.95 bits per heavy atom. The fourth-order valence-corrected chi connectivity index (χ4v) is 2.30. The molecule has 0 aliphatic carbocycles. The molecule has 0 bridgehead atoms. The van der Waals surface area contributed by atoms with Crippen molar-refractivity contribution in [1.82, 2.24) is 20.1 Å². The summed E-state index contributed by atoms with van der Waals surface area (Å²) in [5.41, 5.74) is 2.08. The molecule has 0 saturated carbocycles. The molecule has 0 aromatic carbocycles. The highest BCUT2D eigenvalue weighted by molar-refractivity contribution is 6.31. The lowest BCUT2D eigenvalue weighted by Crippen LogP contribution is -2.25. The van der Waals surface area contributed by atoms with Gasteiger partial charge in [-0.15, -0.1) is 0 Å². The van der Waals surface area contributed by atoms with Gasteiger partial charge in [-0.25, -0.2) is 0 Å². The van der Waals surface area contributed by atoms with E-state index < -0.39 is 0 Å². The number of hydrogen-bond acceptors (Lipinski definition) is 3. The van der Waals surface area contributed by atoms with Crippen molar-refractivity contribution in [1.29, 1.82) is 0 Å². The quantitative estimate of drug-likeness (QED) is 0.883. The van der Waals surface area contributed by atoms with Crippen molar-refractivity contribution in [3.63, 3.8) is 0 Å². The van der Waals surface area contributed by atoms with Crippen molar-refractivity contribution in [2.75, 3.05) is 6.54 Å². The first-order valence-electron chi connectivity index (χ1n) is 6.52. The van der Waals surface area contributed by atoms with E-state index in [9.17, 15) is 0 Å². The van der Waals surface area contributed by atoms with Crippen LogP contribution >= 0.6 is 11.6 Å². The molecule has 1 atom stereocenters. The molecule has 0 fully saturated rings. The maximum Gasteiger partial charge on any atom is 0.0762 e. The highest BCUT2D eigenvalue weighted by atomic mass is 35.5. The standard InChI is InChI=1S/C14H19ClN4/c1-3-6-16-13(8-11-9-18-19(2)10-11)14-12(15)5-4-7-17-14/h4-5,7,9-10,13,16H,3,6,8H2,1-2H3. The molecule has 19 heavy (non-hydrogen) atoms. The van der Waals surface area contributed by atoms with Gasteiger partial charge in [0.1, 0.15) is 0 Å². The summed E-state index contributed by atoms with van der Waals surface area (Å²) >= 11 is 6.25.